The zero-order valence-electron chi connectivity index (χ0n) is 10.5. The molecule has 88 valence electrons. The average molecular weight is 211 g/mol. The summed E-state index contributed by atoms with van der Waals surface area (Å²) in [5.41, 5.74) is 0. The van der Waals surface area contributed by atoms with Crippen LogP contribution in [0.5, 0.6) is 0 Å². The molecule has 2 atom stereocenters. The van der Waals surface area contributed by atoms with E-state index in [1.807, 2.05) is 0 Å². The lowest BCUT2D eigenvalue weighted by atomic mass is 9.89. The van der Waals surface area contributed by atoms with Crippen LogP contribution in [-0.2, 0) is 4.74 Å². The van der Waals surface area contributed by atoms with Gasteiger partial charge in [0, 0.05) is 6.42 Å². The lowest BCUT2D eigenvalue weighted by Gasteiger charge is -2.28. The molecule has 1 aliphatic rings. The van der Waals surface area contributed by atoms with E-state index in [0.717, 1.165) is 19.6 Å². The van der Waals surface area contributed by atoms with Gasteiger partial charge in [-0.1, -0.05) is 27.7 Å². The quantitative estimate of drug-likeness (QED) is 0.729. The third kappa shape index (κ3) is 3.53. The van der Waals surface area contributed by atoms with Crippen LogP contribution in [0, 0.1) is 11.8 Å². The molecule has 0 spiro atoms. The van der Waals surface area contributed by atoms with E-state index in [2.05, 4.69) is 39.1 Å². The summed E-state index contributed by atoms with van der Waals surface area (Å²) in [5.74, 6) is 2.48. The molecule has 1 rings (SSSR count). The minimum atomic E-state index is 0.410. The molecule has 0 aromatic heterocycles. The molecular formula is C13H25NO. The van der Waals surface area contributed by atoms with Crippen molar-refractivity contribution in [3.8, 4) is 0 Å². The smallest absolute Gasteiger partial charge is 0.109 e. The van der Waals surface area contributed by atoms with E-state index in [-0.39, 0.29) is 0 Å². The van der Waals surface area contributed by atoms with Crippen molar-refractivity contribution in [2.45, 2.75) is 46.6 Å². The van der Waals surface area contributed by atoms with Gasteiger partial charge in [0.2, 0.25) is 0 Å². The summed E-state index contributed by atoms with van der Waals surface area (Å²) in [4.78, 5) is 0. The minimum Gasteiger partial charge on any atom is -0.496 e. The Morgan fingerprint density at radius 2 is 2.13 bits per heavy atom. The van der Waals surface area contributed by atoms with Crippen LogP contribution in [0.2, 0.25) is 0 Å². The van der Waals surface area contributed by atoms with Crippen LogP contribution in [0.4, 0.5) is 0 Å². The van der Waals surface area contributed by atoms with E-state index >= 15 is 0 Å². The predicted octanol–water partition coefficient (Wildman–Crippen LogP) is 2.95. The SMILES string of the molecule is CCCNC(C1=CCCO1)C(C)C(C)C. The standard InChI is InChI=1S/C13H25NO/c1-5-8-14-13(11(4)10(2)3)12-7-6-9-15-12/h7,10-11,13-14H,5-6,8-9H2,1-4H3. The van der Waals surface area contributed by atoms with Crippen LogP contribution in [0.3, 0.4) is 0 Å². The molecule has 1 aliphatic heterocycles. The minimum absolute atomic E-state index is 0.410. The second-order valence-corrected chi connectivity index (χ2v) is 4.78. The van der Waals surface area contributed by atoms with E-state index in [1.54, 1.807) is 0 Å². The molecule has 2 unspecified atom stereocenters. The van der Waals surface area contributed by atoms with E-state index < -0.39 is 0 Å². The third-order valence-electron chi connectivity index (χ3n) is 3.23. The van der Waals surface area contributed by atoms with Crippen molar-refractivity contribution < 1.29 is 4.74 Å². The fourth-order valence-corrected chi connectivity index (χ4v) is 1.88. The fourth-order valence-electron chi connectivity index (χ4n) is 1.88. The second kappa shape index (κ2) is 6.16. The van der Waals surface area contributed by atoms with Gasteiger partial charge in [0.25, 0.3) is 0 Å². The molecule has 15 heavy (non-hydrogen) atoms. The van der Waals surface area contributed by atoms with Crippen LogP contribution in [0.15, 0.2) is 11.8 Å². The number of ether oxygens (including phenoxy) is 1. The lowest BCUT2D eigenvalue weighted by molar-refractivity contribution is 0.182. The molecule has 0 bridgehead atoms. The third-order valence-corrected chi connectivity index (χ3v) is 3.23. The summed E-state index contributed by atoms with van der Waals surface area (Å²) in [6.45, 7) is 11.0. The normalized spacial score (nSPS) is 19.9. The van der Waals surface area contributed by atoms with Gasteiger partial charge in [-0.25, -0.2) is 0 Å². The summed E-state index contributed by atoms with van der Waals surface area (Å²) >= 11 is 0. The fraction of sp³-hybridized carbons (Fsp3) is 0.846. The number of hydrogen-bond donors (Lipinski definition) is 1. The Labute approximate surface area is 94.1 Å². The first-order valence-electron chi connectivity index (χ1n) is 6.23. The van der Waals surface area contributed by atoms with Crippen LogP contribution < -0.4 is 5.32 Å². The van der Waals surface area contributed by atoms with Gasteiger partial charge in [0.05, 0.1) is 12.6 Å². The summed E-state index contributed by atoms with van der Waals surface area (Å²) in [6, 6.07) is 0.410. The van der Waals surface area contributed by atoms with Gasteiger partial charge in [-0.05, 0) is 30.9 Å². The Balaban J connectivity index is 2.59. The van der Waals surface area contributed by atoms with Gasteiger partial charge in [-0.2, -0.15) is 0 Å². The van der Waals surface area contributed by atoms with E-state index in [1.165, 1.54) is 12.2 Å². The molecule has 1 heterocycles. The van der Waals surface area contributed by atoms with Crippen LogP contribution >= 0.6 is 0 Å². The molecule has 2 heteroatoms. The highest BCUT2D eigenvalue weighted by Crippen LogP contribution is 2.24. The Bertz CT molecular complexity index is 211. The second-order valence-electron chi connectivity index (χ2n) is 4.78. The Hall–Kier alpha value is -0.500. The van der Waals surface area contributed by atoms with Crippen molar-refractivity contribution in [3.05, 3.63) is 11.8 Å². The zero-order valence-corrected chi connectivity index (χ0v) is 10.5. The Morgan fingerprint density at radius 3 is 2.60 bits per heavy atom. The topological polar surface area (TPSA) is 21.3 Å². The van der Waals surface area contributed by atoms with Gasteiger partial charge >= 0.3 is 0 Å². The lowest BCUT2D eigenvalue weighted by Crippen LogP contribution is -2.39. The molecule has 2 nitrogen and oxygen atoms in total. The van der Waals surface area contributed by atoms with Gasteiger partial charge in [-0.15, -0.1) is 0 Å². The monoisotopic (exact) mass is 211 g/mol. The molecule has 0 radical (unpaired) electrons. The van der Waals surface area contributed by atoms with Gasteiger partial charge < -0.3 is 10.1 Å². The van der Waals surface area contributed by atoms with Crippen molar-refractivity contribution >= 4 is 0 Å². The van der Waals surface area contributed by atoms with Crippen molar-refractivity contribution in [1.29, 1.82) is 0 Å². The number of rotatable bonds is 6. The van der Waals surface area contributed by atoms with Gasteiger partial charge in [0.1, 0.15) is 5.76 Å². The van der Waals surface area contributed by atoms with Gasteiger partial charge in [0.15, 0.2) is 0 Å². The van der Waals surface area contributed by atoms with Crippen molar-refractivity contribution in [3.63, 3.8) is 0 Å². The largest absolute Gasteiger partial charge is 0.496 e. The molecule has 0 fully saturated rings. The molecule has 0 aromatic rings. The van der Waals surface area contributed by atoms with Crippen LogP contribution in [0.25, 0.3) is 0 Å². The molecule has 1 N–H and O–H groups in total. The van der Waals surface area contributed by atoms with Crippen molar-refractivity contribution in [2.24, 2.45) is 11.8 Å². The first-order chi connectivity index (χ1) is 7.16. The maximum Gasteiger partial charge on any atom is 0.109 e. The maximum atomic E-state index is 5.68. The van der Waals surface area contributed by atoms with E-state index in [4.69, 9.17) is 4.74 Å². The Morgan fingerprint density at radius 1 is 1.40 bits per heavy atom. The average Bonchev–Trinajstić information content (AvgIpc) is 2.71. The highest BCUT2D eigenvalue weighted by atomic mass is 16.5. The first-order valence-corrected chi connectivity index (χ1v) is 6.23. The maximum absolute atomic E-state index is 5.68. The molecule has 0 saturated heterocycles. The molecular weight excluding hydrogens is 186 g/mol. The molecule has 0 aliphatic carbocycles. The highest BCUT2D eigenvalue weighted by Gasteiger charge is 2.25. The van der Waals surface area contributed by atoms with E-state index in [0.29, 0.717) is 17.9 Å². The van der Waals surface area contributed by atoms with Crippen LogP contribution in [0.1, 0.15) is 40.5 Å². The Kier molecular flexibility index (Phi) is 5.16. The summed E-state index contributed by atoms with van der Waals surface area (Å²) in [7, 11) is 0. The zero-order chi connectivity index (χ0) is 11.3. The number of hydrogen-bond acceptors (Lipinski definition) is 2. The molecule has 0 amide bonds. The van der Waals surface area contributed by atoms with Gasteiger partial charge in [-0.3, -0.25) is 0 Å². The summed E-state index contributed by atoms with van der Waals surface area (Å²) in [6.07, 6.45) is 4.49. The summed E-state index contributed by atoms with van der Waals surface area (Å²) in [5, 5.41) is 3.60. The van der Waals surface area contributed by atoms with Crippen LogP contribution in [-0.4, -0.2) is 19.2 Å². The summed E-state index contributed by atoms with van der Waals surface area (Å²) < 4.78 is 5.68. The molecule has 0 saturated carbocycles. The highest BCUT2D eigenvalue weighted by molar-refractivity contribution is 5.09. The number of nitrogens with one attached hydrogen (secondary N) is 1. The first kappa shape index (κ1) is 12.6. The molecule has 0 aromatic carbocycles. The van der Waals surface area contributed by atoms with E-state index in [9.17, 15) is 0 Å². The van der Waals surface area contributed by atoms with Crippen molar-refractivity contribution in [1.82, 2.24) is 5.32 Å². The predicted molar refractivity (Wildman–Crippen MR) is 64.7 cm³/mol. The van der Waals surface area contributed by atoms with Crippen molar-refractivity contribution in [2.75, 3.05) is 13.2 Å².